The van der Waals surface area contributed by atoms with Crippen molar-refractivity contribution in [1.82, 2.24) is 0 Å². The number of rotatable bonds is 7. The zero-order valence-corrected chi connectivity index (χ0v) is 28.7. The summed E-state index contributed by atoms with van der Waals surface area (Å²) in [6, 6.07) is 43.9. The predicted molar refractivity (Wildman–Crippen MR) is 198 cm³/mol. The van der Waals surface area contributed by atoms with E-state index in [4.69, 9.17) is 5.84 Å². The maximum Gasteiger partial charge on any atom is 0.161 e. The molecule has 0 radical (unpaired) electrons. The van der Waals surface area contributed by atoms with Gasteiger partial charge in [-0.2, -0.15) is 10.2 Å². The number of aldehydes is 1. The van der Waals surface area contributed by atoms with Crippen LogP contribution in [-0.4, -0.2) is 23.9 Å². The van der Waals surface area contributed by atoms with Gasteiger partial charge in [0.2, 0.25) is 0 Å². The van der Waals surface area contributed by atoms with Crippen molar-refractivity contribution in [2.24, 2.45) is 21.1 Å². The average molecular weight is 757 g/mol. The van der Waals surface area contributed by atoms with Gasteiger partial charge in [-0.1, -0.05) is 121 Å². The van der Waals surface area contributed by atoms with Crippen molar-refractivity contribution in [1.29, 1.82) is 0 Å². The number of thiophene rings is 2. The molecule has 0 amide bonds. The van der Waals surface area contributed by atoms with Crippen molar-refractivity contribution >= 4 is 78.5 Å². The van der Waals surface area contributed by atoms with Crippen LogP contribution in [0.5, 0.6) is 0 Å². The van der Waals surface area contributed by atoms with Gasteiger partial charge < -0.3 is 5.84 Å². The zero-order chi connectivity index (χ0) is 31.7. The van der Waals surface area contributed by atoms with E-state index in [1.165, 1.54) is 11.3 Å². The Kier molecular flexibility index (Phi) is 13.8. The minimum absolute atomic E-state index is 0.755. The Bertz CT molecular complexity index is 1750. The number of nitrogens with two attached hydrogens (primary N) is 1. The fraction of sp³-hybridized carbons (Fsp3) is 0. The van der Waals surface area contributed by atoms with Gasteiger partial charge in [-0.3, -0.25) is 4.79 Å². The normalized spacial score (nSPS) is 10.1. The lowest BCUT2D eigenvalue weighted by molar-refractivity contribution is 0.112. The fourth-order valence-corrected chi connectivity index (χ4v) is 6.51. The fourth-order valence-electron chi connectivity index (χ4n) is 3.91. The molecule has 0 saturated carbocycles. The molecule has 4 aromatic carbocycles. The molecule has 0 bridgehead atoms. The summed E-state index contributed by atoms with van der Waals surface area (Å²) in [7, 11) is 0. The van der Waals surface area contributed by atoms with E-state index in [1.807, 2.05) is 144 Å². The molecule has 5 nitrogen and oxygen atoms in total. The number of halogens is 2. The minimum Gasteiger partial charge on any atom is -0.323 e. The molecule has 6 rings (SSSR count). The average Bonchev–Trinajstić information content (AvgIpc) is 3.72. The first-order valence-corrected chi connectivity index (χ1v) is 17.0. The van der Waals surface area contributed by atoms with E-state index in [1.54, 1.807) is 17.6 Å². The van der Waals surface area contributed by atoms with Gasteiger partial charge in [0.1, 0.15) is 5.71 Å². The van der Waals surface area contributed by atoms with Crippen LogP contribution in [0.2, 0.25) is 0 Å². The summed E-state index contributed by atoms with van der Waals surface area (Å²) in [5.41, 5.74) is 5.85. The van der Waals surface area contributed by atoms with Crippen LogP contribution < -0.4 is 5.84 Å². The van der Waals surface area contributed by atoms with Crippen LogP contribution in [0.25, 0.3) is 0 Å². The molecule has 45 heavy (non-hydrogen) atoms. The molecule has 2 heterocycles. The summed E-state index contributed by atoms with van der Waals surface area (Å²) in [5, 5.41) is 16.5. The van der Waals surface area contributed by atoms with Crippen LogP contribution in [-0.2, 0) is 0 Å². The van der Waals surface area contributed by atoms with Gasteiger partial charge in [0, 0.05) is 31.2 Å². The van der Waals surface area contributed by atoms with Gasteiger partial charge in [-0.25, -0.2) is 0 Å². The molecule has 0 aliphatic rings. The van der Waals surface area contributed by atoms with Gasteiger partial charge >= 0.3 is 0 Å². The first-order valence-electron chi connectivity index (χ1n) is 13.6. The van der Waals surface area contributed by atoms with E-state index >= 15 is 0 Å². The van der Waals surface area contributed by atoms with Crippen LogP contribution in [0.15, 0.2) is 168 Å². The molecular weight excluding hydrogens is 728 g/mol. The lowest BCUT2D eigenvalue weighted by Crippen LogP contribution is -2.05. The van der Waals surface area contributed by atoms with Crippen molar-refractivity contribution < 1.29 is 4.79 Å². The third-order valence-corrected chi connectivity index (χ3v) is 9.65. The standard InChI is InChI=1S/C18H13BrN2S.C13H12N2.C5H3BrOS/c19-16-11-12-22-17(16)13-20-21-18(14-7-3-1-4-8-14)15-9-5-2-6-10-15;14-15-13(11-7-3-1-4-8-11)12-9-5-2-6-10-12;6-4-1-2-8-5(4)3-7/h1-13H;1-10H,14H2;1-3H/b20-13+;;. The summed E-state index contributed by atoms with van der Waals surface area (Å²) >= 11 is 9.76. The number of nitrogens with zero attached hydrogens (tertiary/aromatic N) is 3. The molecule has 0 aliphatic carbocycles. The zero-order valence-electron chi connectivity index (χ0n) is 23.9. The molecule has 0 saturated heterocycles. The van der Waals surface area contributed by atoms with Gasteiger partial charge in [0.25, 0.3) is 0 Å². The predicted octanol–water partition coefficient (Wildman–Crippen LogP) is 10.1. The summed E-state index contributed by atoms with van der Waals surface area (Å²) in [4.78, 5) is 11.9. The Labute approximate surface area is 287 Å². The smallest absolute Gasteiger partial charge is 0.161 e. The van der Waals surface area contributed by atoms with E-state index in [-0.39, 0.29) is 0 Å². The largest absolute Gasteiger partial charge is 0.323 e. The van der Waals surface area contributed by atoms with Crippen LogP contribution in [0.1, 0.15) is 36.8 Å². The maximum absolute atomic E-state index is 10.1. The summed E-state index contributed by atoms with van der Waals surface area (Å²) in [5.74, 6) is 5.42. The SMILES string of the molecule is Brc1ccsc1/C=N/N=C(c1ccccc1)c1ccccc1.NN=C(c1ccccc1)c1ccccc1.O=Cc1sccc1Br. The van der Waals surface area contributed by atoms with Crippen LogP contribution >= 0.6 is 54.5 Å². The van der Waals surface area contributed by atoms with Gasteiger partial charge in [-0.15, -0.1) is 27.8 Å². The summed E-state index contributed by atoms with van der Waals surface area (Å²) in [6.07, 6.45) is 2.62. The number of hydrogen-bond donors (Lipinski definition) is 1. The number of benzene rings is 4. The monoisotopic (exact) mass is 754 g/mol. The Hall–Kier alpha value is -4.28. The topological polar surface area (TPSA) is 80.2 Å². The molecule has 0 fully saturated rings. The first-order chi connectivity index (χ1) is 22.1. The molecule has 0 spiro atoms. The van der Waals surface area contributed by atoms with E-state index in [0.29, 0.717) is 0 Å². The molecule has 6 aromatic rings. The molecule has 224 valence electrons. The van der Waals surface area contributed by atoms with Crippen molar-refractivity contribution in [2.45, 2.75) is 0 Å². The Morgan fingerprint density at radius 2 is 0.933 bits per heavy atom. The third-order valence-electron chi connectivity index (χ3n) is 6.05. The second-order valence-electron chi connectivity index (χ2n) is 9.02. The third kappa shape index (κ3) is 10.4. The molecule has 0 unspecified atom stereocenters. The highest BCUT2D eigenvalue weighted by Gasteiger charge is 2.06. The van der Waals surface area contributed by atoms with Crippen molar-refractivity contribution in [2.75, 3.05) is 0 Å². The first kappa shape index (κ1) is 33.6. The van der Waals surface area contributed by atoms with Crippen molar-refractivity contribution in [3.05, 3.63) is 185 Å². The van der Waals surface area contributed by atoms with E-state index in [2.05, 4.69) is 47.2 Å². The van der Waals surface area contributed by atoms with Crippen LogP contribution in [0.3, 0.4) is 0 Å². The number of carbonyl (C=O) groups excluding carboxylic acids is 1. The number of carbonyl (C=O) groups is 1. The van der Waals surface area contributed by atoms with Crippen LogP contribution in [0, 0.1) is 0 Å². The second-order valence-corrected chi connectivity index (χ2v) is 12.6. The van der Waals surface area contributed by atoms with E-state index < -0.39 is 0 Å². The second kappa shape index (κ2) is 18.5. The molecular formula is C36H28Br2N4OS2. The molecule has 9 heteroatoms. The lowest BCUT2D eigenvalue weighted by atomic mass is 10.0. The number of hydrogen-bond acceptors (Lipinski definition) is 7. The molecule has 0 atom stereocenters. The van der Waals surface area contributed by atoms with Crippen molar-refractivity contribution in [3.63, 3.8) is 0 Å². The Morgan fingerprint density at radius 3 is 1.24 bits per heavy atom. The molecule has 2 N–H and O–H groups in total. The van der Waals surface area contributed by atoms with Gasteiger partial charge in [0.15, 0.2) is 6.29 Å². The van der Waals surface area contributed by atoms with E-state index in [0.717, 1.165) is 58.7 Å². The summed E-state index contributed by atoms with van der Waals surface area (Å²) < 4.78 is 1.93. The van der Waals surface area contributed by atoms with Crippen molar-refractivity contribution in [3.8, 4) is 0 Å². The van der Waals surface area contributed by atoms with Gasteiger partial charge in [0.05, 0.1) is 21.7 Å². The Morgan fingerprint density at radius 1 is 0.556 bits per heavy atom. The molecule has 0 aliphatic heterocycles. The minimum atomic E-state index is 0.755. The highest BCUT2D eigenvalue weighted by molar-refractivity contribution is 9.11. The van der Waals surface area contributed by atoms with Crippen LogP contribution in [0.4, 0.5) is 0 Å². The van der Waals surface area contributed by atoms with E-state index in [9.17, 15) is 4.79 Å². The Balaban J connectivity index is 0.000000172. The highest BCUT2D eigenvalue weighted by atomic mass is 79.9. The highest BCUT2D eigenvalue weighted by Crippen LogP contribution is 2.21. The number of hydrazone groups is 1. The lowest BCUT2D eigenvalue weighted by Gasteiger charge is -2.04. The molecule has 2 aromatic heterocycles. The summed E-state index contributed by atoms with van der Waals surface area (Å²) in [6.45, 7) is 0. The quantitative estimate of drug-likeness (QED) is 0.0762. The maximum atomic E-state index is 10.1. The van der Waals surface area contributed by atoms with Gasteiger partial charge in [-0.05, 0) is 54.8 Å².